The Hall–Kier alpha value is -2.41. The molecule has 2 N–H and O–H groups in total. The summed E-state index contributed by atoms with van der Waals surface area (Å²) in [6.07, 6.45) is 1.40. The summed E-state index contributed by atoms with van der Waals surface area (Å²) in [6.45, 7) is 7.78. The largest absolute Gasteiger partial charge is 0.484 e. The lowest BCUT2D eigenvalue weighted by Gasteiger charge is -2.31. The summed E-state index contributed by atoms with van der Waals surface area (Å²) in [5, 5.41) is 2.89. The number of ketones is 1. The zero-order valence-corrected chi connectivity index (χ0v) is 16.3. The molecule has 7 heteroatoms. The minimum absolute atomic E-state index is 0.0204. The Bertz CT molecular complexity index is 637. The average molecular weight is 376 g/mol. The molecule has 148 valence electrons. The third-order valence-corrected chi connectivity index (χ3v) is 4.67. The fourth-order valence-electron chi connectivity index (χ4n) is 2.98. The van der Waals surface area contributed by atoms with Crippen molar-refractivity contribution in [2.75, 3.05) is 45.9 Å². The molecular formula is C20H30N3O4+. The minimum Gasteiger partial charge on any atom is -0.484 e. The molecule has 0 atom stereocenters. The predicted molar refractivity (Wildman–Crippen MR) is 102 cm³/mol. The van der Waals surface area contributed by atoms with Gasteiger partial charge in [0.1, 0.15) is 5.75 Å². The number of hydrogen-bond donors (Lipinski definition) is 2. The van der Waals surface area contributed by atoms with Gasteiger partial charge in [0.25, 0.3) is 11.8 Å². The van der Waals surface area contributed by atoms with Crippen LogP contribution in [-0.2, 0) is 9.59 Å². The highest BCUT2D eigenvalue weighted by Crippen LogP contribution is 2.13. The molecule has 0 radical (unpaired) electrons. The first-order valence-corrected chi connectivity index (χ1v) is 9.67. The Morgan fingerprint density at radius 3 is 2.37 bits per heavy atom. The molecule has 0 bridgehead atoms. The maximum absolute atomic E-state index is 12.3. The molecule has 0 aliphatic carbocycles. The van der Waals surface area contributed by atoms with Gasteiger partial charge in [0, 0.05) is 18.5 Å². The summed E-state index contributed by atoms with van der Waals surface area (Å²) in [4.78, 5) is 38.7. The number of ether oxygens (including phenoxy) is 1. The first kappa shape index (κ1) is 20.9. The molecule has 1 saturated heterocycles. The summed E-state index contributed by atoms with van der Waals surface area (Å²) in [5.74, 6) is 0.674. The fourth-order valence-corrected chi connectivity index (χ4v) is 2.98. The number of nitrogens with one attached hydrogen (secondary N) is 2. The monoisotopic (exact) mass is 376 g/mol. The van der Waals surface area contributed by atoms with Crippen molar-refractivity contribution in [1.29, 1.82) is 0 Å². The first-order chi connectivity index (χ1) is 13.0. The SMILES string of the molecule is CCCNC(=O)C[NH+]1CCN(C(=O)COc2ccc(C(=O)CC)cc2)CC1. The topological polar surface area (TPSA) is 80.2 Å². The molecule has 2 amide bonds. The van der Waals surface area contributed by atoms with Crippen molar-refractivity contribution < 1.29 is 24.0 Å². The number of quaternary nitrogens is 1. The number of benzene rings is 1. The van der Waals surface area contributed by atoms with E-state index >= 15 is 0 Å². The zero-order chi connectivity index (χ0) is 19.6. The predicted octanol–water partition coefficient (Wildman–Crippen LogP) is -0.0886. The minimum atomic E-state index is -0.0572. The number of rotatable bonds is 9. The van der Waals surface area contributed by atoms with Gasteiger partial charge >= 0.3 is 0 Å². The first-order valence-electron chi connectivity index (χ1n) is 9.67. The third-order valence-electron chi connectivity index (χ3n) is 4.67. The Morgan fingerprint density at radius 1 is 1.11 bits per heavy atom. The van der Waals surface area contributed by atoms with Gasteiger partial charge in [-0.05, 0) is 30.7 Å². The number of amides is 2. The van der Waals surface area contributed by atoms with E-state index in [1.165, 1.54) is 4.90 Å². The van der Waals surface area contributed by atoms with Crippen LogP contribution in [0.3, 0.4) is 0 Å². The Balaban J connectivity index is 1.71. The van der Waals surface area contributed by atoms with Crippen molar-refractivity contribution in [2.45, 2.75) is 26.7 Å². The second-order valence-electron chi connectivity index (χ2n) is 6.75. The molecule has 0 unspecified atom stereocenters. The number of carbonyl (C=O) groups excluding carboxylic acids is 3. The molecule has 27 heavy (non-hydrogen) atoms. The number of piperazine rings is 1. The molecule has 1 aromatic carbocycles. The lowest BCUT2D eigenvalue weighted by Crippen LogP contribution is -3.15. The molecule has 1 heterocycles. The van der Waals surface area contributed by atoms with E-state index in [1.54, 1.807) is 29.2 Å². The summed E-state index contributed by atoms with van der Waals surface area (Å²) in [5.41, 5.74) is 0.651. The van der Waals surface area contributed by atoms with Crippen LogP contribution in [0.1, 0.15) is 37.0 Å². The van der Waals surface area contributed by atoms with E-state index in [4.69, 9.17) is 4.74 Å². The lowest BCUT2D eigenvalue weighted by atomic mass is 10.1. The van der Waals surface area contributed by atoms with Crippen molar-refractivity contribution in [3.05, 3.63) is 29.8 Å². The van der Waals surface area contributed by atoms with Crippen LogP contribution in [0.2, 0.25) is 0 Å². The molecule has 1 aromatic rings. The maximum Gasteiger partial charge on any atom is 0.275 e. The second kappa shape index (κ2) is 10.7. The molecule has 1 aliphatic rings. The van der Waals surface area contributed by atoms with Gasteiger partial charge in [0.15, 0.2) is 18.9 Å². The highest BCUT2D eigenvalue weighted by atomic mass is 16.5. The quantitative estimate of drug-likeness (QED) is 0.591. The van der Waals surface area contributed by atoms with Crippen molar-refractivity contribution in [1.82, 2.24) is 10.2 Å². The van der Waals surface area contributed by atoms with Gasteiger partial charge in [-0.25, -0.2) is 0 Å². The van der Waals surface area contributed by atoms with Gasteiger partial charge in [-0.1, -0.05) is 13.8 Å². The third kappa shape index (κ3) is 6.67. The van der Waals surface area contributed by atoms with Crippen LogP contribution in [-0.4, -0.2) is 68.4 Å². The molecule has 0 saturated carbocycles. The molecule has 1 aliphatic heterocycles. The van der Waals surface area contributed by atoms with Gasteiger partial charge in [-0.15, -0.1) is 0 Å². The van der Waals surface area contributed by atoms with Crippen LogP contribution in [0.25, 0.3) is 0 Å². The van der Waals surface area contributed by atoms with Gasteiger partial charge in [0.2, 0.25) is 0 Å². The van der Waals surface area contributed by atoms with Crippen LogP contribution in [0.5, 0.6) is 5.75 Å². The smallest absolute Gasteiger partial charge is 0.275 e. The van der Waals surface area contributed by atoms with E-state index in [0.29, 0.717) is 43.9 Å². The summed E-state index contributed by atoms with van der Waals surface area (Å²) in [6, 6.07) is 6.87. The zero-order valence-electron chi connectivity index (χ0n) is 16.3. The summed E-state index contributed by atoms with van der Waals surface area (Å²) < 4.78 is 5.55. The van der Waals surface area contributed by atoms with Gasteiger partial charge in [0.05, 0.1) is 26.2 Å². The van der Waals surface area contributed by atoms with Crippen LogP contribution in [0.4, 0.5) is 0 Å². The molecule has 2 rings (SSSR count). The standard InChI is InChI=1S/C20H29N3O4/c1-3-9-21-19(25)14-22-10-12-23(13-11-22)20(26)15-27-17-7-5-16(6-8-17)18(24)4-2/h5-8H,3-4,9-15H2,1-2H3,(H,21,25)/p+1. The molecule has 1 fully saturated rings. The second-order valence-corrected chi connectivity index (χ2v) is 6.75. The van der Waals surface area contributed by atoms with Crippen LogP contribution in [0, 0.1) is 0 Å². The molecule has 0 spiro atoms. The Labute approximate surface area is 160 Å². The Morgan fingerprint density at radius 2 is 1.78 bits per heavy atom. The molecule has 0 aromatic heterocycles. The average Bonchev–Trinajstić information content (AvgIpc) is 2.70. The highest BCUT2D eigenvalue weighted by molar-refractivity contribution is 5.95. The van der Waals surface area contributed by atoms with E-state index in [9.17, 15) is 14.4 Å². The normalized spacial score (nSPS) is 14.7. The Kier molecular flexibility index (Phi) is 8.26. The van der Waals surface area contributed by atoms with Crippen LogP contribution in [0.15, 0.2) is 24.3 Å². The number of carbonyl (C=O) groups is 3. The summed E-state index contributed by atoms with van der Waals surface area (Å²) >= 11 is 0. The molecular weight excluding hydrogens is 346 g/mol. The number of nitrogens with zero attached hydrogens (tertiary/aromatic N) is 1. The van der Waals surface area contributed by atoms with Gasteiger partial charge in [-0.2, -0.15) is 0 Å². The van der Waals surface area contributed by atoms with Crippen molar-refractivity contribution in [3.8, 4) is 5.75 Å². The van der Waals surface area contributed by atoms with Crippen LogP contribution < -0.4 is 15.0 Å². The summed E-state index contributed by atoms with van der Waals surface area (Å²) in [7, 11) is 0. The van der Waals surface area contributed by atoms with Crippen molar-refractivity contribution in [2.24, 2.45) is 0 Å². The van der Waals surface area contributed by atoms with Gasteiger partial charge < -0.3 is 19.9 Å². The maximum atomic E-state index is 12.3. The van der Waals surface area contributed by atoms with Crippen LogP contribution >= 0.6 is 0 Å². The lowest BCUT2D eigenvalue weighted by molar-refractivity contribution is -0.896. The van der Waals surface area contributed by atoms with E-state index in [2.05, 4.69) is 5.32 Å². The van der Waals surface area contributed by atoms with E-state index < -0.39 is 0 Å². The van der Waals surface area contributed by atoms with E-state index in [1.807, 2.05) is 13.8 Å². The highest BCUT2D eigenvalue weighted by Gasteiger charge is 2.25. The fraction of sp³-hybridized carbons (Fsp3) is 0.550. The van der Waals surface area contributed by atoms with E-state index in [-0.39, 0.29) is 24.2 Å². The number of Topliss-reactive ketones (excluding diaryl/α,β-unsaturated/α-hetero) is 1. The molecule has 7 nitrogen and oxygen atoms in total. The van der Waals surface area contributed by atoms with Gasteiger partial charge in [-0.3, -0.25) is 14.4 Å². The number of hydrogen-bond acceptors (Lipinski definition) is 4. The van der Waals surface area contributed by atoms with E-state index in [0.717, 1.165) is 19.5 Å². The van der Waals surface area contributed by atoms with Crippen molar-refractivity contribution in [3.63, 3.8) is 0 Å². The van der Waals surface area contributed by atoms with Crippen molar-refractivity contribution >= 4 is 17.6 Å².